The summed E-state index contributed by atoms with van der Waals surface area (Å²) < 4.78 is 39.2. The highest BCUT2D eigenvalue weighted by Gasteiger charge is 2.33. The maximum atomic E-state index is 12.7. The monoisotopic (exact) mass is 442 g/mol. The van der Waals surface area contributed by atoms with E-state index >= 15 is 0 Å². The fourth-order valence-electron chi connectivity index (χ4n) is 3.46. The molecule has 168 valence electrons. The van der Waals surface area contributed by atoms with Gasteiger partial charge < -0.3 is 19.9 Å². The largest absolute Gasteiger partial charge is 0.491 e. The third kappa shape index (κ3) is 6.37. The molecule has 10 nitrogen and oxygen atoms in total. The fraction of sp³-hybridized carbons (Fsp3) is 0.632. The van der Waals surface area contributed by atoms with Gasteiger partial charge in [0.1, 0.15) is 18.5 Å². The van der Waals surface area contributed by atoms with Crippen LogP contribution in [0.2, 0.25) is 0 Å². The number of β-amino-alcohol motifs (C(OH)–C–C–N with tert-alkyl or cyclic N) is 1. The maximum absolute atomic E-state index is 12.7. The van der Waals surface area contributed by atoms with E-state index in [0.29, 0.717) is 70.5 Å². The summed E-state index contributed by atoms with van der Waals surface area (Å²) in [7, 11) is -3.45. The Morgan fingerprint density at radius 3 is 2.30 bits per heavy atom. The van der Waals surface area contributed by atoms with Gasteiger partial charge in [-0.25, -0.2) is 0 Å². The van der Waals surface area contributed by atoms with Crippen molar-refractivity contribution in [3.63, 3.8) is 0 Å². The normalized spacial score (nSPS) is 20.6. The second kappa shape index (κ2) is 10.5. The van der Waals surface area contributed by atoms with Crippen molar-refractivity contribution in [3.8, 4) is 5.75 Å². The first-order valence-corrected chi connectivity index (χ1v) is 11.5. The number of carbonyl (C=O) groups is 1. The number of amides is 1. The van der Waals surface area contributed by atoms with Crippen molar-refractivity contribution in [2.45, 2.75) is 13.0 Å². The van der Waals surface area contributed by atoms with Crippen molar-refractivity contribution in [2.75, 3.05) is 71.0 Å². The number of anilines is 1. The minimum absolute atomic E-state index is 0.131. The SMILES string of the molecule is CC(=O)Nc1ccc(OCC(O)CN2CCN(S(=O)(=O)N3CCOCC3)CC2)cc1. The van der Waals surface area contributed by atoms with Crippen LogP contribution >= 0.6 is 0 Å². The molecule has 1 aromatic carbocycles. The summed E-state index contributed by atoms with van der Waals surface area (Å²) in [4.78, 5) is 13.1. The molecular formula is C19H30N4O6S. The summed E-state index contributed by atoms with van der Waals surface area (Å²) in [6.45, 7) is 5.56. The van der Waals surface area contributed by atoms with Crippen molar-refractivity contribution in [2.24, 2.45) is 0 Å². The lowest BCUT2D eigenvalue weighted by Gasteiger charge is -2.38. The third-order valence-electron chi connectivity index (χ3n) is 5.04. The van der Waals surface area contributed by atoms with Gasteiger partial charge in [0.2, 0.25) is 5.91 Å². The van der Waals surface area contributed by atoms with Crippen molar-refractivity contribution < 1.29 is 27.8 Å². The lowest BCUT2D eigenvalue weighted by Crippen LogP contribution is -2.55. The van der Waals surface area contributed by atoms with E-state index in [4.69, 9.17) is 9.47 Å². The van der Waals surface area contributed by atoms with E-state index in [2.05, 4.69) is 5.32 Å². The summed E-state index contributed by atoms with van der Waals surface area (Å²) in [6, 6.07) is 6.93. The highest BCUT2D eigenvalue weighted by Crippen LogP contribution is 2.17. The van der Waals surface area contributed by atoms with E-state index in [9.17, 15) is 18.3 Å². The first-order valence-electron chi connectivity index (χ1n) is 10.1. The zero-order valence-electron chi connectivity index (χ0n) is 17.2. The van der Waals surface area contributed by atoms with Crippen molar-refractivity contribution in [1.29, 1.82) is 0 Å². The number of aliphatic hydroxyl groups is 1. The molecule has 0 aromatic heterocycles. The number of morpholine rings is 1. The number of hydrogen-bond donors (Lipinski definition) is 2. The average molecular weight is 443 g/mol. The lowest BCUT2D eigenvalue weighted by atomic mass is 10.3. The molecule has 0 bridgehead atoms. The molecule has 2 aliphatic rings. The van der Waals surface area contributed by atoms with E-state index in [1.807, 2.05) is 4.90 Å². The summed E-state index contributed by atoms with van der Waals surface area (Å²) in [5, 5.41) is 13.0. The van der Waals surface area contributed by atoms with Gasteiger partial charge in [0.25, 0.3) is 10.2 Å². The molecule has 0 saturated carbocycles. The first kappa shape index (κ1) is 22.9. The van der Waals surface area contributed by atoms with Gasteiger partial charge in [-0.1, -0.05) is 0 Å². The minimum atomic E-state index is -3.45. The van der Waals surface area contributed by atoms with E-state index in [1.54, 1.807) is 24.3 Å². The van der Waals surface area contributed by atoms with E-state index < -0.39 is 16.3 Å². The van der Waals surface area contributed by atoms with Crippen LogP contribution in [-0.2, 0) is 19.7 Å². The van der Waals surface area contributed by atoms with E-state index in [0.717, 1.165) is 0 Å². The molecule has 1 amide bonds. The van der Waals surface area contributed by atoms with Crippen LogP contribution in [0.3, 0.4) is 0 Å². The van der Waals surface area contributed by atoms with E-state index in [-0.39, 0.29) is 12.5 Å². The number of carbonyl (C=O) groups excluding carboxylic acids is 1. The molecule has 1 atom stereocenters. The Kier molecular flexibility index (Phi) is 8.03. The highest BCUT2D eigenvalue weighted by atomic mass is 32.2. The summed E-state index contributed by atoms with van der Waals surface area (Å²) in [6.07, 6.45) is -0.692. The third-order valence-corrected chi connectivity index (χ3v) is 7.08. The lowest BCUT2D eigenvalue weighted by molar-refractivity contribution is -0.114. The molecule has 2 N–H and O–H groups in total. The molecule has 0 radical (unpaired) electrons. The number of ether oxygens (including phenoxy) is 2. The van der Waals surface area contributed by atoms with Crippen LogP contribution in [0.15, 0.2) is 24.3 Å². The predicted molar refractivity (Wildman–Crippen MR) is 112 cm³/mol. The Morgan fingerprint density at radius 1 is 1.10 bits per heavy atom. The summed E-state index contributed by atoms with van der Waals surface area (Å²) in [5.41, 5.74) is 0.681. The van der Waals surface area contributed by atoms with Gasteiger partial charge in [-0.05, 0) is 24.3 Å². The molecule has 2 saturated heterocycles. The number of nitrogens with zero attached hydrogens (tertiary/aromatic N) is 3. The Bertz CT molecular complexity index is 790. The molecule has 2 fully saturated rings. The number of nitrogens with one attached hydrogen (secondary N) is 1. The number of rotatable bonds is 8. The molecular weight excluding hydrogens is 412 g/mol. The first-order chi connectivity index (χ1) is 14.3. The molecule has 0 aliphatic carbocycles. The standard InChI is InChI=1S/C19H30N4O6S/c1-16(24)20-17-2-4-19(5-3-17)29-15-18(25)14-21-6-8-22(9-7-21)30(26,27)23-10-12-28-13-11-23/h2-5,18,25H,6-15H2,1H3,(H,20,24). The molecule has 11 heteroatoms. The van der Waals surface area contributed by atoms with Gasteiger partial charge >= 0.3 is 0 Å². The topological polar surface area (TPSA) is 112 Å². The molecule has 2 aliphatic heterocycles. The fourth-order valence-corrected chi connectivity index (χ4v) is 5.03. The van der Waals surface area contributed by atoms with Crippen LogP contribution < -0.4 is 10.1 Å². The van der Waals surface area contributed by atoms with Crippen molar-refractivity contribution in [1.82, 2.24) is 13.5 Å². The number of piperazine rings is 1. The van der Waals surface area contributed by atoms with Crippen molar-refractivity contribution in [3.05, 3.63) is 24.3 Å². The molecule has 1 aromatic rings. The Balaban J connectivity index is 1.39. The van der Waals surface area contributed by atoms with Crippen LogP contribution in [0.4, 0.5) is 5.69 Å². The molecule has 2 heterocycles. The number of benzene rings is 1. The van der Waals surface area contributed by atoms with Crippen LogP contribution in [0.25, 0.3) is 0 Å². The highest BCUT2D eigenvalue weighted by molar-refractivity contribution is 7.86. The summed E-state index contributed by atoms with van der Waals surface area (Å²) in [5.74, 6) is 0.460. The maximum Gasteiger partial charge on any atom is 0.282 e. The van der Waals surface area contributed by atoms with Gasteiger partial charge in [-0.3, -0.25) is 9.69 Å². The predicted octanol–water partition coefficient (Wildman–Crippen LogP) is -0.421. The van der Waals surface area contributed by atoms with Crippen LogP contribution in [-0.4, -0.2) is 105 Å². The zero-order chi connectivity index (χ0) is 21.6. The molecule has 30 heavy (non-hydrogen) atoms. The average Bonchev–Trinajstić information content (AvgIpc) is 2.74. The second-order valence-electron chi connectivity index (χ2n) is 7.39. The number of hydrogen-bond acceptors (Lipinski definition) is 7. The van der Waals surface area contributed by atoms with Crippen molar-refractivity contribution >= 4 is 21.8 Å². The summed E-state index contributed by atoms with van der Waals surface area (Å²) >= 11 is 0. The zero-order valence-corrected chi connectivity index (χ0v) is 18.0. The quantitative estimate of drug-likeness (QED) is 0.562. The van der Waals surface area contributed by atoms with Crippen LogP contribution in [0, 0.1) is 0 Å². The van der Waals surface area contributed by atoms with Gasteiger partial charge in [0.15, 0.2) is 0 Å². The van der Waals surface area contributed by atoms with Gasteiger partial charge in [0.05, 0.1) is 13.2 Å². The van der Waals surface area contributed by atoms with Gasteiger partial charge in [-0.15, -0.1) is 0 Å². The van der Waals surface area contributed by atoms with Crippen LogP contribution in [0.5, 0.6) is 5.75 Å². The number of aliphatic hydroxyl groups excluding tert-OH is 1. The van der Waals surface area contributed by atoms with Gasteiger partial charge in [-0.2, -0.15) is 17.0 Å². The Labute approximate surface area is 177 Å². The smallest absolute Gasteiger partial charge is 0.282 e. The second-order valence-corrected chi connectivity index (χ2v) is 9.32. The van der Waals surface area contributed by atoms with E-state index in [1.165, 1.54) is 15.5 Å². The molecule has 0 spiro atoms. The van der Waals surface area contributed by atoms with Gasteiger partial charge in [0, 0.05) is 58.4 Å². The molecule has 1 unspecified atom stereocenters. The Hall–Kier alpha value is -1.76. The minimum Gasteiger partial charge on any atom is -0.491 e. The van der Waals surface area contributed by atoms with Crippen LogP contribution in [0.1, 0.15) is 6.92 Å². The Morgan fingerprint density at radius 2 is 1.70 bits per heavy atom. The molecule has 3 rings (SSSR count).